The standard InChI is InChI=1S/C18H17NS/c1-13-12-18(14(2)20-13)19-17-10-8-16(9-11-17)15-6-4-3-5-7-15/h3-12,19H,1-2H3. The summed E-state index contributed by atoms with van der Waals surface area (Å²) in [7, 11) is 0. The van der Waals surface area contributed by atoms with E-state index in [4.69, 9.17) is 0 Å². The van der Waals surface area contributed by atoms with Crippen molar-refractivity contribution in [2.75, 3.05) is 5.32 Å². The Bertz CT molecular complexity index is 696. The van der Waals surface area contributed by atoms with Crippen LogP contribution >= 0.6 is 11.3 Å². The van der Waals surface area contributed by atoms with E-state index >= 15 is 0 Å². The average molecular weight is 279 g/mol. The van der Waals surface area contributed by atoms with Crippen molar-refractivity contribution in [2.45, 2.75) is 13.8 Å². The topological polar surface area (TPSA) is 12.0 Å². The molecule has 3 aromatic rings. The van der Waals surface area contributed by atoms with Crippen LogP contribution in [-0.4, -0.2) is 0 Å². The predicted molar refractivity (Wildman–Crippen MR) is 89.0 cm³/mol. The van der Waals surface area contributed by atoms with Gasteiger partial charge in [0.1, 0.15) is 0 Å². The second-order valence-electron chi connectivity index (χ2n) is 4.90. The van der Waals surface area contributed by atoms with Gasteiger partial charge in [0.05, 0.1) is 5.69 Å². The fourth-order valence-electron chi connectivity index (χ4n) is 2.29. The Morgan fingerprint density at radius 1 is 0.800 bits per heavy atom. The number of nitrogens with one attached hydrogen (secondary N) is 1. The Balaban J connectivity index is 1.82. The fourth-order valence-corrected chi connectivity index (χ4v) is 3.17. The van der Waals surface area contributed by atoms with E-state index in [9.17, 15) is 0 Å². The van der Waals surface area contributed by atoms with Crippen LogP contribution in [0.2, 0.25) is 0 Å². The van der Waals surface area contributed by atoms with Crippen LogP contribution in [0.1, 0.15) is 9.75 Å². The lowest BCUT2D eigenvalue weighted by Gasteiger charge is -2.07. The summed E-state index contributed by atoms with van der Waals surface area (Å²) < 4.78 is 0. The van der Waals surface area contributed by atoms with Gasteiger partial charge in [0.15, 0.2) is 0 Å². The minimum absolute atomic E-state index is 1.13. The highest BCUT2D eigenvalue weighted by Crippen LogP contribution is 2.29. The van der Waals surface area contributed by atoms with E-state index in [1.54, 1.807) is 0 Å². The first-order chi connectivity index (χ1) is 9.72. The summed E-state index contributed by atoms with van der Waals surface area (Å²) in [4.78, 5) is 2.67. The number of thiophene rings is 1. The maximum atomic E-state index is 3.48. The number of aryl methyl sites for hydroxylation is 2. The average Bonchev–Trinajstić information content (AvgIpc) is 2.79. The zero-order chi connectivity index (χ0) is 13.9. The predicted octanol–water partition coefficient (Wildman–Crippen LogP) is 5.78. The van der Waals surface area contributed by atoms with Crippen molar-refractivity contribution >= 4 is 22.7 Å². The van der Waals surface area contributed by atoms with Gasteiger partial charge in [-0.15, -0.1) is 11.3 Å². The molecule has 1 nitrogen and oxygen atoms in total. The van der Waals surface area contributed by atoms with Crippen LogP contribution in [0, 0.1) is 13.8 Å². The van der Waals surface area contributed by atoms with Crippen molar-refractivity contribution in [1.29, 1.82) is 0 Å². The molecule has 0 radical (unpaired) electrons. The molecule has 0 saturated heterocycles. The van der Waals surface area contributed by atoms with E-state index in [0.29, 0.717) is 0 Å². The summed E-state index contributed by atoms with van der Waals surface area (Å²) in [5.41, 5.74) is 4.83. The summed E-state index contributed by atoms with van der Waals surface area (Å²) in [5, 5.41) is 3.48. The molecule has 0 bridgehead atoms. The fraction of sp³-hybridized carbons (Fsp3) is 0.111. The molecule has 0 spiro atoms. The van der Waals surface area contributed by atoms with Gasteiger partial charge in [-0.05, 0) is 43.2 Å². The van der Waals surface area contributed by atoms with Crippen LogP contribution in [-0.2, 0) is 0 Å². The molecule has 1 aromatic heterocycles. The maximum absolute atomic E-state index is 3.48. The summed E-state index contributed by atoms with van der Waals surface area (Å²) >= 11 is 1.83. The first-order valence-corrected chi connectivity index (χ1v) is 7.53. The third kappa shape index (κ3) is 2.75. The Kier molecular flexibility index (Phi) is 3.57. The second-order valence-corrected chi connectivity index (χ2v) is 6.36. The molecule has 0 atom stereocenters. The molecule has 0 aliphatic rings. The lowest BCUT2D eigenvalue weighted by atomic mass is 10.1. The molecule has 0 unspecified atom stereocenters. The summed E-state index contributed by atoms with van der Waals surface area (Å²) in [6.07, 6.45) is 0. The Labute approximate surface area is 123 Å². The van der Waals surface area contributed by atoms with E-state index in [1.165, 1.54) is 26.6 Å². The summed E-state index contributed by atoms with van der Waals surface area (Å²) in [6.45, 7) is 4.29. The van der Waals surface area contributed by atoms with Crippen LogP contribution in [0.4, 0.5) is 11.4 Å². The van der Waals surface area contributed by atoms with Gasteiger partial charge in [-0.2, -0.15) is 0 Å². The van der Waals surface area contributed by atoms with Gasteiger partial charge >= 0.3 is 0 Å². The highest BCUT2D eigenvalue weighted by atomic mass is 32.1. The molecule has 0 saturated carbocycles. The smallest absolute Gasteiger partial charge is 0.0525 e. The quantitative estimate of drug-likeness (QED) is 0.641. The molecule has 2 aromatic carbocycles. The number of anilines is 2. The van der Waals surface area contributed by atoms with E-state index < -0.39 is 0 Å². The van der Waals surface area contributed by atoms with Crippen LogP contribution in [0.15, 0.2) is 60.7 Å². The zero-order valence-electron chi connectivity index (χ0n) is 11.7. The van der Waals surface area contributed by atoms with Crippen molar-refractivity contribution in [3.8, 4) is 11.1 Å². The first-order valence-electron chi connectivity index (χ1n) is 6.72. The van der Waals surface area contributed by atoms with Crippen molar-refractivity contribution in [2.24, 2.45) is 0 Å². The van der Waals surface area contributed by atoms with Crippen molar-refractivity contribution in [1.82, 2.24) is 0 Å². The van der Waals surface area contributed by atoms with Gasteiger partial charge in [-0.3, -0.25) is 0 Å². The van der Waals surface area contributed by atoms with Crippen LogP contribution in [0.3, 0.4) is 0 Å². The Morgan fingerprint density at radius 2 is 1.45 bits per heavy atom. The molecule has 0 aliphatic heterocycles. The minimum Gasteiger partial charge on any atom is -0.355 e. The monoisotopic (exact) mass is 279 g/mol. The van der Waals surface area contributed by atoms with Crippen molar-refractivity contribution in [3.05, 3.63) is 70.4 Å². The normalized spacial score (nSPS) is 10.5. The lowest BCUT2D eigenvalue weighted by Crippen LogP contribution is -1.89. The number of hydrogen-bond acceptors (Lipinski definition) is 2. The molecular formula is C18H17NS. The summed E-state index contributed by atoms with van der Waals surface area (Å²) in [5.74, 6) is 0. The number of benzene rings is 2. The Morgan fingerprint density at radius 3 is 2.05 bits per heavy atom. The number of hydrogen-bond donors (Lipinski definition) is 1. The van der Waals surface area contributed by atoms with Gasteiger partial charge in [0.2, 0.25) is 0 Å². The van der Waals surface area contributed by atoms with E-state index in [1.807, 2.05) is 17.4 Å². The molecule has 3 rings (SSSR count). The number of rotatable bonds is 3. The molecule has 0 fully saturated rings. The van der Waals surface area contributed by atoms with E-state index in [0.717, 1.165) is 5.69 Å². The van der Waals surface area contributed by atoms with Crippen LogP contribution in [0.5, 0.6) is 0 Å². The lowest BCUT2D eigenvalue weighted by molar-refractivity contribution is 1.51. The highest BCUT2D eigenvalue weighted by Gasteiger charge is 2.03. The van der Waals surface area contributed by atoms with Crippen molar-refractivity contribution in [3.63, 3.8) is 0 Å². The minimum atomic E-state index is 1.13. The van der Waals surface area contributed by atoms with E-state index in [2.05, 4.69) is 73.8 Å². The largest absolute Gasteiger partial charge is 0.355 e. The Hall–Kier alpha value is -2.06. The third-order valence-electron chi connectivity index (χ3n) is 3.31. The van der Waals surface area contributed by atoms with Crippen LogP contribution < -0.4 is 5.32 Å². The molecule has 1 heterocycles. The molecule has 0 aliphatic carbocycles. The molecule has 1 N–H and O–H groups in total. The van der Waals surface area contributed by atoms with E-state index in [-0.39, 0.29) is 0 Å². The van der Waals surface area contributed by atoms with Gasteiger partial charge in [0.25, 0.3) is 0 Å². The third-order valence-corrected chi connectivity index (χ3v) is 4.28. The molecule has 0 amide bonds. The second kappa shape index (κ2) is 5.51. The van der Waals surface area contributed by atoms with Gasteiger partial charge in [-0.1, -0.05) is 42.5 Å². The molecule has 100 valence electrons. The molecule has 20 heavy (non-hydrogen) atoms. The maximum Gasteiger partial charge on any atom is 0.0525 e. The SMILES string of the molecule is Cc1cc(Nc2ccc(-c3ccccc3)cc2)c(C)s1. The van der Waals surface area contributed by atoms with Gasteiger partial charge in [0, 0.05) is 15.4 Å². The van der Waals surface area contributed by atoms with Gasteiger partial charge in [-0.25, -0.2) is 0 Å². The zero-order valence-corrected chi connectivity index (χ0v) is 12.5. The van der Waals surface area contributed by atoms with Gasteiger partial charge < -0.3 is 5.32 Å². The van der Waals surface area contributed by atoms with Crippen molar-refractivity contribution < 1.29 is 0 Å². The van der Waals surface area contributed by atoms with Crippen LogP contribution in [0.25, 0.3) is 11.1 Å². The molecule has 2 heteroatoms. The highest BCUT2D eigenvalue weighted by molar-refractivity contribution is 7.12. The first kappa shape index (κ1) is 12.9. The summed E-state index contributed by atoms with van der Waals surface area (Å²) in [6, 6.07) is 21.2. The molecular weight excluding hydrogens is 262 g/mol.